The number of para-hydroxylation sites is 1. The van der Waals surface area contributed by atoms with E-state index in [1.54, 1.807) is 0 Å². The highest BCUT2D eigenvalue weighted by atomic mass is 16.5. The summed E-state index contributed by atoms with van der Waals surface area (Å²) in [6, 6.07) is 19.0. The fourth-order valence-electron chi connectivity index (χ4n) is 3.26. The first kappa shape index (κ1) is 16.1. The van der Waals surface area contributed by atoms with Gasteiger partial charge in [0, 0.05) is 13.0 Å². The van der Waals surface area contributed by atoms with Crippen molar-refractivity contribution in [1.29, 1.82) is 0 Å². The first-order valence-corrected chi connectivity index (χ1v) is 8.89. The fourth-order valence-corrected chi connectivity index (χ4v) is 3.26. The molecule has 0 aromatic heterocycles. The molecule has 1 saturated heterocycles. The SMILES string of the molecule is c1ccc(Cc2ccccc2OCCCN2CCCCC2)cc1. The Bertz CT molecular complexity index is 575. The molecule has 2 nitrogen and oxygen atoms in total. The van der Waals surface area contributed by atoms with Crippen LogP contribution in [0.25, 0.3) is 0 Å². The molecular weight excluding hydrogens is 282 g/mol. The van der Waals surface area contributed by atoms with Crippen LogP contribution in [-0.2, 0) is 6.42 Å². The Balaban J connectivity index is 1.49. The molecule has 2 aromatic rings. The van der Waals surface area contributed by atoms with E-state index < -0.39 is 0 Å². The Morgan fingerprint density at radius 1 is 0.826 bits per heavy atom. The molecule has 1 aliphatic heterocycles. The summed E-state index contributed by atoms with van der Waals surface area (Å²) < 4.78 is 6.07. The number of ether oxygens (including phenoxy) is 1. The molecule has 2 heteroatoms. The van der Waals surface area contributed by atoms with Crippen molar-refractivity contribution in [3.8, 4) is 5.75 Å². The highest BCUT2D eigenvalue weighted by Gasteiger charge is 2.09. The molecule has 0 aliphatic carbocycles. The van der Waals surface area contributed by atoms with Gasteiger partial charge in [-0.15, -0.1) is 0 Å². The first-order valence-electron chi connectivity index (χ1n) is 8.89. The fraction of sp³-hybridized carbons (Fsp3) is 0.429. The van der Waals surface area contributed by atoms with Gasteiger partial charge >= 0.3 is 0 Å². The Kier molecular flexibility index (Phi) is 6.10. The third-order valence-electron chi connectivity index (χ3n) is 4.53. The maximum absolute atomic E-state index is 6.07. The summed E-state index contributed by atoms with van der Waals surface area (Å²) in [7, 11) is 0. The molecule has 23 heavy (non-hydrogen) atoms. The van der Waals surface area contributed by atoms with Crippen LogP contribution in [0.5, 0.6) is 5.75 Å². The lowest BCUT2D eigenvalue weighted by molar-refractivity contribution is 0.204. The summed E-state index contributed by atoms with van der Waals surface area (Å²) in [4.78, 5) is 2.57. The lowest BCUT2D eigenvalue weighted by atomic mass is 10.0. The van der Waals surface area contributed by atoms with E-state index in [1.807, 2.05) is 0 Å². The topological polar surface area (TPSA) is 12.5 Å². The van der Waals surface area contributed by atoms with Gasteiger partial charge in [-0.2, -0.15) is 0 Å². The van der Waals surface area contributed by atoms with Crippen LogP contribution < -0.4 is 4.74 Å². The number of piperidine rings is 1. The van der Waals surface area contributed by atoms with Crippen LogP contribution in [0.3, 0.4) is 0 Å². The molecule has 0 radical (unpaired) electrons. The molecule has 122 valence electrons. The van der Waals surface area contributed by atoms with E-state index in [2.05, 4.69) is 59.5 Å². The van der Waals surface area contributed by atoms with E-state index in [-0.39, 0.29) is 0 Å². The van der Waals surface area contributed by atoms with Crippen LogP contribution >= 0.6 is 0 Å². The zero-order chi connectivity index (χ0) is 15.7. The molecule has 1 heterocycles. The van der Waals surface area contributed by atoms with Gasteiger partial charge in [0.05, 0.1) is 6.61 Å². The van der Waals surface area contributed by atoms with Crippen LogP contribution in [0.2, 0.25) is 0 Å². The monoisotopic (exact) mass is 309 g/mol. The lowest BCUT2D eigenvalue weighted by Crippen LogP contribution is -2.31. The molecular formula is C21H27NO. The third-order valence-corrected chi connectivity index (χ3v) is 4.53. The van der Waals surface area contributed by atoms with E-state index in [1.165, 1.54) is 50.0 Å². The van der Waals surface area contributed by atoms with Gasteiger partial charge in [0.1, 0.15) is 5.75 Å². The molecule has 2 aromatic carbocycles. The zero-order valence-corrected chi connectivity index (χ0v) is 13.9. The van der Waals surface area contributed by atoms with Crippen LogP contribution in [-0.4, -0.2) is 31.1 Å². The summed E-state index contributed by atoms with van der Waals surface area (Å²) in [5.41, 5.74) is 2.61. The van der Waals surface area contributed by atoms with E-state index in [0.29, 0.717) is 0 Å². The summed E-state index contributed by atoms with van der Waals surface area (Å²) in [6.45, 7) is 4.51. The average molecular weight is 309 g/mol. The normalized spacial score (nSPS) is 15.5. The largest absolute Gasteiger partial charge is 0.493 e. The predicted molar refractivity (Wildman–Crippen MR) is 96.1 cm³/mol. The van der Waals surface area contributed by atoms with Crippen molar-refractivity contribution < 1.29 is 4.74 Å². The number of nitrogens with zero attached hydrogens (tertiary/aromatic N) is 1. The quantitative estimate of drug-likeness (QED) is 0.697. The Morgan fingerprint density at radius 3 is 2.39 bits per heavy atom. The number of likely N-dealkylation sites (tertiary alicyclic amines) is 1. The molecule has 0 bridgehead atoms. The van der Waals surface area contributed by atoms with Crippen molar-refractivity contribution in [2.24, 2.45) is 0 Å². The molecule has 1 fully saturated rings. The molecule has 0 spiro atoms. The highest BCUT2D eigenvalue weighted by molar-refractivity contribution is 5.37. The number of hydrogen-bond acceptors (Lipinski definition) is 2. The summed E-state index contributed by atoms with van der Waals surface area (Å²) in [5, 5.41) is 0. The van der Waals surface area contributed by atoms with Gasteiger partial charge in [0.2, 0.25) is 0 Å². The van der Waals surface area contributed by atoms with E-state index in [0.717, 1.165) is 25.2 Å². The molecule has 0 saturated carbocycles. The summed E-state index contributed by atoms with van der Waals surface area (Å²) in [5.74, 6) is 1.04. The maximum Gasteiger partial charge on any atom is 0.122 e. The van der Waals surface area contributed by atoms with Crippen molar-refractivity contribution in [2.75, 3.05) is 26.2 Å². The Labute approximate surface area is 140 Å². The third kappa shape index (κ3) is 5.11. The van der Waals surface area contributed by atoms with Gasteiger partial charge in [-0.1, -0.05) is 55.0 Å². The number of hydrogen-bond donors (Lipinski definition) is 0. The number of benzene rings is 2. The Hall–Kier alpha value is -1.80. The van der Waals surface area contributed by atoms with Gasteiger partial charge in [0.25, 0.3) is 0 Å². The van der Waals surface area contributed by atoms with Crippen molar-refractivity contribution in [2.45, 2.75) is 32.1 Å². The van der Waals surface area contributed by atoms with Gasteiger partial charge in [-0.05, 0) is 49.5 Å². The average Bonchev–Trinajstić information content (AvgIpc) is 2.62. The minimum Gasteiger partial charge on any atom is -0.493 e. The summed E-state index contributed by atoms with van der Waals surface area (Å²) >= 11 is 0. The van der Waals surface area contributed by atoms with Crippen molar-refractivity contribution in [3.05, 3.63) is 65.7 Å². The van der Waals surface area contributed by atoms with Gasteiger partial charge in [-0.3, -0.25) is 0 Å². The van der Waals surface area contributed by atoms with Crippen molar-refractivity contribution >= 4 is 0 Å². The van der Waals surface area contributed by atoms with E-state index >= 15 is 0 Å². The summed E-state index contributed by atoms with van der Waals surface area (Å²) in [6.07, 6.45) is 6.17. The number of rotatable bonds is 7. The Morgan fingerprint density at radius 2 is 1.57 bits per heavy atom. The molecule has 3 rings (SSSR count). The van der Waals surface area contributed by atoms with E-state index in [4.69, 9.17) is 4.74 Å². The minimum absolute atomic E-state index is 0.808. The molecule has 0 atom stereocenters. The predicted octanol–water partition coefficient (Wildman–Crippen LogP) is 4.53. The van der Waals surface area contributed by atoms with Gasteiger partial charge < -0.3 is 9.64 Å². The smallest absolute Gasteiger partial charge is 0.122 e. The minimum atomic E-state index is 0.808. The lowest BCUT2D eigenvalue weighted by Gasteiger charge is -2.26. The van der Waals surface area contributed by atoms with Crippen LogP contribution in [0.1, 0.15) is 36.8 Å². The van der Waals surface area contributed by atoms with Gasteiger partial charge in [-0.25, -0.2) is 0 Å². The van der Waals surface area contributed by atoms with Crippen molar-refractivity contribution in [1.82, 2.24) is 4.90 Å². The first-order chi connectivity index (χ1) is 11.4. The van der Waals surface area contributed by atoms with Crippen LogP contribution in [0.15, 0.2) is 54.6 Å². The van der Waals surface area contributed by atoms with Gasteiger partial charge in [0.15, 0.2) is 0 Å². The van der Waals surface area contributed by atoms with Crippen molar-refractivity contribution in [3.63, 3.8) is 0 Å². The van der Waals surface area contributed by atoms with Crippen LogP contribution in [0, 0.1) is 0 Å². The standard InChI is InChI=1S/C21H27NO/c1-3-10-19(11-4-1)18-20-12-5-6-13-21(20)23-17-9-16-22-14-7-2-8-15-22/h1,3-6,10-13H,2,7-9,14-18H2. The second-order valence-electron chi connectivity index (χ2n) is 6.37. The zero-order valence-electron chi connectivity index (χ0n) is 13.9. The van der Waals surface area contributed by atoms with Crippen LogP contribution in [0.4, 0.5) is 0 Å². The highest BCUT2D eigenvalue weighted by Crippen LogP contribution is 2.21. The molecule has 0 unspecified atom stereocenters. The molecule has 1 aliphatic rings. The molecule has 0 N–H and O–H groups in total. The maximum atomic E-state index is 6.07. The molecule has 0 amide bonds. The van der Waals surface area contributed by atoms with E-state index in [9.17, 15) is 0 Å². The second-order valence-corrected chi connectivity index (χ2v) is 6.37. The second kappa shape index (κ2) is 8.73.